The third-order valence-electron chi connectivity index (χ3n) is 5.18. The molecule has 3 rings (SSSR count). The van der Waals surface area contributed by atoms with Gasteiger partial charge in [0.15, 0.2) is 0 Å². The molecule has 0 saturated carbocycles. The fourth-order valence-corrected chi connectivity index (χ4v) is 3.37. The quantitative estimate of drug-likeness (QED) is 0.661. The van der Waals surface area contributed by atoms with E-state index in [-0.39, 0.29) is 22.4 Å². The number of hydrogen-bond donors (Lipinski definition) is 1. The summed E-state index contributed by atoms with van der Waals surface area (Å²) < 4.78 is 5.45. The summed E-state index contributed by atoms with van der Waals surface area (Å²) in [5.41, 5.74) is 0.680. The van der Waals surface area contributed by atoms with Crippen LogP contribution in [0.4, 0.5) is 11.4 Å². The second-order valence-electron chi connectivity index (χ2n) is 6.56. The molecule has 1 saturated heterocycles. The van der Waals surface area contributed by atoms with Crippen LogP contribution in [0.3, 0.4) is 0 Å². The van der Waals surface area contributed by atoms with Gasteiger partial charge in [0.05, 0.1) is 17.1 Å². The molecule has 0 radical (unpaired) electrons. The van der Waals surface area contributed by atoms with Gasteiger partial charge in [-0.25, -0.2) is 4.98 Å². The van der Waals surface area contributed by atoms with Crippen LogP contribution < -0.4 is 9.64 Å². The van der Waals surface area contributed by atoms with E-state index in [1.54, 1.807) is 0 Å². The normalized spacial score (nSPS) is 30.8. The number of fused-ring (bicyclic) bond motifs is 1. The Morgan fingerprint density at radius 1 is 1.45 bits per heavy atom. The third-order valence-corrected chi connectivity index (χ3v) is 5.18. The maximum absolute atomic E-state index is 11.4. The van der Waals surface area contributed by atoms with Gasteiger partial charge in [-0.1, -0.05) is 13.8 Å². The van der Waals surface area contributed by atoms with E-state index >= 15 is 0 Å². The fraction of sp³-hybridized carbons (Fsp3) is 0.667. The summed E-state index contributed by atoms with van der Waals surface area (Å²) in [4.78, 5) is 17.1. The maximum atomic E-state index is 11.4. The van der Waals surface area contributed by atoms with Gasteiger partial charge < -0.3 is 14.7 Å². The molecule has 0 aromatic carbocycles. The van der Waals surface area contributed by atoms with Gasteiger partial charge in [0, 0.05) is 36.9 Å². The molecular weight excluding hydrogens is 286 g/mol. The first-order valence-electron chi connectivity index (χ1n) is 7.58. The Hall–Kier alpha value is -1.89. The number of piperidine rings is 1. The number of nitro groups is 1. The van der Waals surface area contributed by atoms with Crippen LogP contribution in [0.1, 0.15) is 26.3 Å². The molecule has 0 unspecified atom stereocenters. The Labute approximate surface area is 129 Å². The average Bonchev–Trinajstić information content (AvgIpc) is 2.91. The largest absolute Gasteiger partial charge is 0.477 e. The molecule has 22 heavy (non-hydrogen) atoms. The van der Waals surface area contributed by atoms with Crippen LogP contribution in [-0.4, -0.2) is 40.3 Å². The number of aromatic nitrogens is 1. The van der Waals surface area contributed by atoms with Crippen molar-refractivity contribution in [1.82, 2.24) is 4.98 Å². The van der Waals surface area contributed by atoms with E-state index in [9.17, 15) is 15.2 Å². The first-order valence-corrected chi connectivity index (χ1v) is 7.58. The summed E-state index contributed by atoms with van der Waals surface area (Å²) in [6, 6.07) is 0. The summed E-state index contributed by atoms with van der Waals surface area (Å²) in [6.45, 7) is 7.46. The highest BCUT2D eigenvalue weighted by Gasteiger charge is 2.43. The summed E-state index contributed by atoms with van der Waals surface area (Å²) in [5.74, 6) is 0.530. The zero-order chi connectivity index (χ0) is 16.1. The molecule has 2 aliphatic heterocycles. The van der Waals surface area contributed by atoms with Crippen LogP contribution >= 0.6 is 0 Å². The zero-order valence-corrected chi connectivity index (χ0v) is 13.1. The van der Waals surface area contributed by atoms with Crippen molar-refractivity contribution in [2.24, 2.45) is 11.8 Å². The van der Waals surface area contributed by atoms with Gasteiger partial charge in [-0.2, -0.15) is 0 Å². The molecule has 1 aromatic heterocycles. The van der Waals surface area contributed by atoms with Crippen molar-refractivity contribution < 1.29 is 14.8 Å². The molecule has 120 valence electrons. The van der Waals surface area contributed by atoms with Gasteiger partial charge in [0.1, 0.15) is 11.9 Å². The van der Waals surface area contributed by atoms with Crippen LogP contribution in [0.25, 0.3) is 0 Å². The average molecular weight is 307 g/mol. The van der Waals surface area contributed by atoms with Crippen molar-refractivity contribution in [1.29, 1.82) is 0 Å². The predicted octanol–water partition coefficient (Wildman–Crippen LogP) is 1.77. The lowest BCUT2D eigenvalue weighted by atomic mass is 9.76. The maximum Gasteiger partial charge on any atom is 0.311 e. The van der Waals surface area contributed by atoms with Crippen molar-refractivity contribution >= 4 is 11.4 Å². The lowest BCUT2D eigenvalue weighted by Gasteiger charge is -2.46. The first kappa shape index (κ1) is 15.0. The van der Waals surface area contributed by atoms with Gasteiger partial charge in [-0.3, -0.25) is 10.1 Å². The van der Waals surface area contributed by atoms with Crippen molar-refractivity contribution in [3.05, 3.63) is 21.9 Å². The van der Waals surface area contributed by atoms with Crippen molar-refractivity contribution in [2.45, 2.75) is 32.8 Å². The summed E-state index contributed by atoms with van der Waals surface area (Å²) >= 11 is 0. The van der Waals surface area contributed by atoms with Crippen LogP contribution in [0.5, 0.6) is 5.88 Å². The lowest BCUT2D eigenvalue weighted by molar-refractivity contribution is -0.384. The SMILES string of the molecule is C[C@@H]1CN(c2c([N+](=O)[O-])cnc3c2CCO3)C[C@H](C)[C@@]1(C)O. The molecular formula is C15H21N3O4. The molecule has 0 bridgehead atoms. The van der Waals surface area contributed by atoms with Crippen LogP contribution in [0, 0.1) is 22.0 Å². The molecule has 0 aliphatic carbocycles. The predicted molar refractivity (Wildman–Crippen MR) is 81.3 cm³/mol. The number of hydrogen-bond acceptors (Lipinski definition) is 6. The van der Waals surface area contributed by atoms with E-state index in [4.69, 9.17) is 4.74 Å². The fourth-order valence-electron chi connectivity index (χ4n) is 3.37. The van der Waals surface area contributed by atoms with Gasteiger partial charge in [-0.15, -0.1) is 0 Å². The molecule has 1 aromatic rings. The van der Waals surface area contributed by atoms with E-state index in [1.807, 2.05) is 25.7 Å². The minimum absolute atomic E-state index is 0.0157. The Kier molecular flexibility index (Phi) is 3.47. The zero-order valence-electron chi connectivity index (χ0n) is 13.1. The van der Waals surface area contributed by atoms with E-state index in [0.717, 1.165) is 5.56 Å². The summed E-state index contributed by atoms with van der Waals surface area (Å²) in [6.07, 6.45) is 1.91. The smallest absolute Gasteiger partial charge is 0.311 e. The van der Waals surface area contributed by atoms with Crippen molar-refractivity contribution in [2.75, 3.05) is 24.6 Å². The second kappa shape index (κ2) is 5.08. The molecule has 2 aliphatic rings. The molecule has 1 fully saturated rings. The minimum Gasteiger partial charge on any atom is -0.477 e. The second-order valence-corrected chi connectivity index (χ2v) is 6.56. The first-order chi connectivity index (χ1) is 10.3. The molecule has 1 N–H and O–H groups in total. The standard InChI is InChI=1S/C15H21N3O4/c1-9-7-17(8-10(2)15(9,3)19)13-11-4-5-22-14(11)16-6-12(13)18(20)21/h6,9-10,19H,4-5,7-8H2,1-3H3/t9-,10+,15+. The van der Waals surface area contributed by atoms with Gasteiger partial charge >= 0.3 is 5.69 Å². The summed E-state index contributed by atoms with van der Waals surface area (Å²) in [7, 11) is 0. The molecule has 7 heteroatoms. The highest BCUT2D eigenvalue weighted by Crippen LogP contribution is 2.43. The van der Waals surface area contributed by atoms with Crippen LogP contribution in [-0.2, 0) is 6.42 Å². The lowest BCUT2D eigenvalue weighted by Crippen LogP contribution is -2.55. The van der Waals surface area contributed by atoms with Gasteiger partial charge in [-0.05, 0) is 6.92 Å². The topological polar surface area (TPSA) is 88.7 Å². The summed E-state index contributed by atoms with van der Waals surface area (Å²) in [5, 5.41) is 22.0. The number of pyridine rings is 1. The molecule has 0 spiro atoms. The molecule has 0 amide bonds. The van der Waals surface area contributed by atoms with Crippen molar-refractivity contribution in [3.8, 4) is 5.88 Å². The van der Waals surface area contributed by atoms with E-state index in [1.165, 1.54) is 6.20 Å². The number of rotatable bonds is 2. The monoisotopic (exact) mass is 307 g/mol. The Morgan fingerprint density at radius 3 is 2.68 bits per heavy atom. The number of anilines is 1. The number of nitrogens with zero attached hydrogens (tertiary/aromatic N) is 3. The molecule has 3 heterocycles. The van der Waals surface area contributed by atoms with E-state index in [0.29, 0.717) is 37.7 Å². The number of aliphatic hydroxyl groups is 1. The van der Waals surface area contributed by atoms with Crippen LogP contribution in [0.2, 0.25) is 0 Å². The minimum atomic E-state index is -0.766. The van der Waals surface area contributed by atoms with Gasteiger partial charge in [0.2, 0.25) is 5.88 Å². The van der Waals surface area contributed by atoms with E-state index in [2.05, 4.69) is 4.98 Å². The van der Waals surface area contributed by atoms with Crippen LogP contribution in [0.15, 0.2) is 6.20 Å². The highest BCUT2D eigenvalue weighted by molar-refractivity contribution is 5.70. The Balaban J connectivity index is 2.05. The van der Waals surface area contributed by atoms with Crippen molar-refractivity contribution in [3.63, 3.8) is 0 Å². The third kappa shape index (κ3) is 2.20. The van der Waals surface area contributed by atoms with E-state index < -0.39 is 5.60 Å². The Bertz CT molecular complexity index is 603. The number of ether oxygens (including phenoxy) is 1. The highest BCUT2D eigenvalue weighted by atomic mass is 16.6. The molecule has 3 atom stereocenters. The van der Waals surface area contributed by atoms with Gasteiger partial charge in [0.25, 0.3) is 0 Å². The Morgan fingerprint density at radius 2 is 2.09 bits per heavy atom. The molecule has 7 nitrogen and oxygen atoms in total.